The molecule has 0 radical (unpaired) electrons. The van der Waals surface area contributed by atoms with Crippen LogP contribution in [0.2, 0.25) is 0 Å². The summed E-state index contributed by atoms with van der Waals surface area (Å²) >= 11 is 0. The molecule has 1 aliphatic heterocycles. The standard InChI is InChI=1S/C17H27NO3/c1-13(2)6-9-20-11-8-18-16-7-10-21-17-5-4-14(19-3)12-15(16)17/h4-5,12-13,16,18H,6-11H2,1-3H3. The molecule has 118 valence electrons. The summed E-state index contributed by atoms with van der Waals surface area (Å²) in [7, 11) is 1.69. The third kappa shape index (κ3) is 4.90. The monoisotopic (exact) mass is 293 g/mol. The molecule has 0 amide bonds. The molecule has 0 saturated carbocycles. The number of methoxy groups -OCH3 is 1. The number of nitrogens with one attached hydrogen (secondary N) is 1. The van der Waals surface area contributed by atoms with Crippen molar-refractivity contribution < 1.29 is 14.2 Å². The summed E-state index contributed by atoms with van der Waals surface area (Å²) in [4.78, 5) is 0. The lowest BCUT2D eigenvalue weighted by molar-refractivity contribution is 0.121. The highest BCUT2D eigenvalue weighted by Crippen LogP contribution is 2.34. The zero-order chi connectivity index (χ0) is 15.1. The van der Waals surface area contributed by atoms with E-state index in [1.165, 1.54) is 5.56 Å². The Morgan fingerprint density at radius 2 is 2.19 bits per heavy atom. The third-order valence-corrected chi connectivity index (χ3v) is 3.73. The van der Waals surface area contributed by atoms with E-state index in [9.17, 15) is 0 Å². The summed E-state index contributed by atoms with van der Waals surface area (Å²) in [5.74, 6) is 2.53. The molecule has 0 saturated heterocycles. The van der Waals surface area contributed by atoms with E-state index >= 15 is 0 Å². The van der Waals surface area contributed by atoms with Gasteiger partial charge >= 0.3 is 0 Å². The lowest BCUT2D eigenvalue weighted by atomic mass is 10.0. The van der Waals surface area contributed by atoms with Gasteiger partial charge in [0.1, 0.15) is 11.5 Å². The lowest BCUT2D eigenvalue weighted by Crippen LogP contribution is -2.29. The summed E-state index contributed by atoms with van der Waals surface area (Å²) in [5.41, 5.74) is 1.18. The van der Waals surface area contributed by atoms with Crippen molar-refractivity contribution in [2.24, 2.45) is 5.92 Å². The maximum absolute atomic E-state index is 5.70. The van der Waals surface area contributed by atoms with Gasteiger partial charge in [-0.25, -0.2) is 0 Å². The van der Waals surface area contributed by atoms with Crippen LogP contribution in [0, 0.1) is 5.92 Å². The summed E-state index contributed by atoms with van der Waals surface area (Å²) in [6.07, 6.45) is 2.10. The fourth-order valence-electron chi connectivity index (χ4n) is 2.44. The highest BCUT2D eigenvalue weighted by molar-refractivity contribution is 5.43. The van der Waals surface area contributed by atoms with Crippen LogP contribution in [0.1, 0.15) is 38.3 Å². The van der Waals surface area contributed by atoms with Gasteiger partial charge in [-0.15, -0.1) is 0 Å². The molecular weight excluding hydrogens is 266 g/mol. The largest absolute Gasteiger partial charge is 0.497 e. The predicted molar refractivity (Wildman–Crippen MR) is 84.1 cm³/mol. The first-order valence-corrected chi connectivity index (χ1v) is 7.82. The lowest BCUT2D eigenvalue weighted by Gasteiger charge is -2.27. The van der Waals surface area contributed by atoms with Crippen molar-refractivity contribution in [3.8, 4) is 11.5 Å². The van der Waals surface area contributed by atoms with E-state index < -0.39 is 0 Å². The molecule has 2 rings (SSSR count). The second-order valence-electron chi connectivity index (χ2n) is 5.84. The first-order valence-electron chi connectivity index (χ1n) is 7.82. The van der Waals surface area contributed by atoms with Crippen molar-refractivity contribution in [1.82, 2.24) is 5.32 Å². The highest BCUT2D eigenvalue weighted by atomic mass is 16.5. The molecule has 0 fully saturated rings. The molecule has 1 aromatic carbocycles. The fourth-order valence-corrected chi connectivity index (χ4v) is 2.44. The molecule has 0 aliphatic carbocycles. The van der Waals surface area contributed by atoms with Crippen molar-refractivity contribution >= 4 is 0 Å². The molecule has 1 aromatic rings. The second kappa shape index (κ2) is 8.25. The molecule has 1 N–H and O–H groups in total. The SMILES string of the molecule is COc1ccc2c(c1)C(NCCOCCC(C)C)CCO2. The first kappa shape index (κ1) is 16.1. The third-order valence-electron chi connectivity index (χ3n) is 3.73. The van der Waals surface area contributed by atoms with Crippen LogP contribution in [-0.2, 0) is 4.74 Å². The predicted octanol–water partition coefficient (Wildman–Crippen LogP) is 3.17. The molecule has 21 heavy (non-hydrogen) atoms. The van der Waals surface area contributed by atoms with Gasteiger partial charge in [0.2, 0.25) is 0 Å². The van der Waals surface area contributed by atoms with Gasteiger partial charge in [0.05, 0.1) is 20.3 Å². The molecule has 1 atom stereocenters. The Labute approximate surface area is 127 Å². The number of benzene rings is 1. The van der Waals surface area contributed by atoms with E-state index in [1.54, 1.807) is 7.11 Å². The van der Waals surface area contributed by atoms with Crippen LogP contribution in [0.5, 0.6) is 11.5 Å². The number of fused-ring (bicyclic) bond motifs is 1. The smallest absolute Gasteiger partial charge is 0.124 e. The van der Waals surface area contributed by atoms with E-state index in [0.29, 0.717) is 12.0 Å². The molecule has 1 aliphatic rings. The number of ether oxygens (including phenoxy) is 3. The van der Waals surface area contributed by atoms with Crippen molar-refractivity contribution in [3.63, 3.8) is 0 Å². The van der Waals surface area contributed by atoms with Crippen LogP contribution in [0.3, 0.4) is 0 Å². The number of hydrogen-bond acceptors (Lipinski definition) is 4. The van der Waals surface area contributed by atoms with Crippen LogP contribution >= 0.6 is 0 Å². The minimum atomic E-state index is 0.317. The normalized spacial score (nSPS) is 17.4. The van der Waals surface area contributed by atoms with Gasteiger partial charge in [0.15, 0.2) is 0 Å². The number of rotatable bonds is 8. The first-order chi connectivity index (χ1) is 10.2. The van der Waals surface area contributed by atoms with Crippen LogP contribution in [-0.4, -0.2) is 33.5 Å². The maximum Gasteiger partial charge on any atom is 0.124 e. The van der Waals surface area contributed by atoms with Gasteiger partial charge < -0.3 is 19.5 Å². The van der Waals surface area contributed by atoms with Crippen molar-refractivity contribution in [3.05, 3.63) is 23.8 Å². The molecule has 0 spiro atoms. The highest BCUT2D eigenvalue weighted by Gasteiger charge is 2.21. The Bertz CT molecular complexity index is 434. The maximum atomic E-state index is 5.70. The van der Waals surface area contributed by atoms with Crippen molar-refractivity contribution in [1.29, 1.82) is 0 Å². The molecule has 0 bridgehead atoms. The molecule has 4 heteroatoms. The average Bonchev–Trinajstić information content (AvgIpc) is 2.50. The Kier molecular flexibility index (Phi) is 6.33. The van der Waals surface area contributed by atoms with E-state index in [2.05, 4.69) is 25.2 Å². The minimum absolute atomic E-state index is 0.317. The van der Waals surface area contributed by atoms with Gasteiger partial charge in [0, 0.05) is 31.2 Å². The van der Waals surface area contributed by atoms with Crippen LogP contribution in [0.25, 0.3) is 0 Å². The minimum Gasteiger partial charge on any atom is -0.497 e. The Morgan fingerprint density at radius 3 is 2.95 bits per heavy atom. The van der Waals surface area contributed by atoms with Gasteiger partial charge in [-0.05, 0) is 30.5 Å². The molecule has 1 heterocycles. The Morgan fingerprint density at radius 1 is 1.33 bits per heavy atom. The summed E-state index contributed by atoms with van der Waals surface area (Å²) in [6.45, 7) is 7.65. The van der Waals surface area contributed by atoms with Gasteiger partial charge in [-0.1, -0.05) is 13.8 Å². The van der Waals surface area contributed by atoms with Crippen LogP contribution < -0.4 is 14.8 Å². The van der Waals surface area contributed by atoms with Crippen LogP contribution in [0.4, 0.5) is 0 Å². The van der Waals surface area contributed by atoms with Crippen LogP contribution in [0.15, 0.2) is 18.2 Å². The topological polar surface area (TPSA) is 39.7 Å². The summed E-state index contributed by atoms with van der Waals surface area (Å²) in [5, 5.41) is 3.56. The molecule has 4 nitrogen and oxygen atoms in total. The quantitative estimate of drug-likeness (QED) is 0.747. The average molecular weight is 293 g/mol. The molecule has 1 unspecified atom stereocenters. The summed E-state index contributed by atoms with van der Waals surface area (Å²) < 4.78 is 16.6. The second-order valence-corrected chi connectivity index (χ2v) is 5.84. The fraction of sp³-hybridized carbons (Fsp3) is 0.647. The van der Waals surface area contributed by atoms with E-state index in [1.807, 2.05) is 12.1 Å². The van der Waals surface area contributed by atoms with Gasteiger partial charge in [-0.2, -0.15) is 0 Å². The van der Waals surface area contributed by atoms with E-state index in [4.69, 9.17) is 14.2 Å². The number of hydrogen-bond donors (Lipinski definition) is 1. The van der Waals surface area contributed by atoms with Gasteiger partial charge in [-0.3, -0.25) is 0 Å². The Hall–Kier alpha value is -1.26. The summed E-state index contributed by atoms with van der Waals surface area (Å²) in [6, 6.07) is 6.31. The zero-order valence-corrected chi connectivity index (χ0v) is 13.4. The van der Waals surface area contributed by atoms with E-state index in [0.717, 1.165) is 50.7 Å². The van der Waals surface area contributed by atoms with Crippen molar-refractivity contribution in [2.75, 3.05) is 33.5 Å². The molecular formula is C17H27NO3. The zero-order valence-electron chi connectivity index (χ0n) is 13.4. The Balaban J connectivity index is 1.80. The van der Waals surface area contributed by atoms with E-state index in [-0.39, 0.29) is 0 Å². The molecule has 0 aromatic heterocycles. The van der Waals surface area contributed by atoms with Crippen molar-refractivity contribution in [2.45, 2.75) is 32.7 Å². The van der Waals surface area contributed by atoms with Gasteiger partial charge in [0.25, 0.3) is 0 Å².